The smallest absolute Gasteiger partial charge is 0.456 e. The van der Waals surface area contributed by atoms with Crippen LogP contribution >= 0.6 is 23.8 Å². The molecule has 1 saturated heterocycles. The van der Waals surface area contributed by atoms with Crippen molar-refractivity contribution in [2.75, 3.05) is 6.61 Å². The van der Waals surface area contributed by atoms with Gasteiger partial charge in [0.1, 0.15) is 6.10 Å². The predicted octanol–water partition coefficient (Wildman–Crippen LogP) is 4.46. The van der Waals surface area contributed by atoms with E-state index in [0.717, 1.165) is 25.0 Å². The number of alkyl halides is 1. The van der Waals surface area contributed by atoms with Crippen LogP contribution in [0, 0.1) is 0 Å². The lowest BCUT2D eigenvalue weighted by molar-refractivity contribution is -0.234. The van der Waals surface area contributed by atoms with Crippen molar-refractivity contribution in [3.05, 3.63) is 71.8 Å². The summed E-state index contributed by atoms with van der Waals surface area (Å²) in [6.45, 7) is 2.88. The number of phosphoric ester groups is 1. The SMILES string of the molecule is CC(=O)OC1[C@@H](Br)OC(COP(=O)(OCc2ccccc2)OCc2ccccc2)[C@@H](OC(C)=O)[C@H]1OC(C)=O. The van der Waals surface area contributed by atoms with Crippen LogP contribution in [0.15, 0.2) is 60.7 Å². The van der Waals surface area contributed by atoms with Gasteiger partial charge in [0.25, 0.3) is 0 Å². The molecule has 0 aromatic heterocycles. The minimum atomic E-state index is -4.21. The molecule has 11 nitrogen and oxygen atoms in total. The number of benzene rings is 2. The van der Waals surface area contributed by atoms with Crippen LogP contribution in [0.4, 0.5) is 0 Å². The second kappa shape index (κ2) is 14.7. The highest BCUT2D eigenvalue weighted by molar-refractivity contribution is 9.09. The Labute approximate surface area is 234 Å². The summed E-state index contributed by atoms with van der Waals surface area (Å²) in [5.74, 6) is -2.10. The van der Waals surface area contributed by atoms with Crippen molar-refractivity contribution in [3.8, 4) is 0 Å². The highest BCUT2D eigenvalue weighted by atomic mass is 79.9. The van der Waals surface area contributed by atoms with Gasteiger partial charge in [0.15, 0.2) is 23.3 Å². The number of hydrogen-bond donors (Lipinski definition) is 0. The average Bonchev–Trinajstić information content (AvgIpc) is 2.90. The molecule has 1 fully saturated rings. The van der Waals surface area contributed by atoms with E-state index >= 15 is 0 Å². The van der Waals surface area contributed by atoms with E-state index in [-0.39, 0.29) is 13.2 Å². The van der Waals surface area contributed by atoms with Crippen LogP contribution in [-0.2, 0) is 64.7 Å². The molecule has 1 aliphatic rings. The third-order valence-electron chi connectivity index (χ3n) is 5.34. The van der Waals surface area contributed by atoms with Gasteiger partial charge in [-0.05, 0) is 11.1 Å². The number of phosphoric acid groups is 1. The van der Waals surface area contributed by atoms with Crippen molar-refractivity contribution in [1.29, 1.82) is 0 Å². The monoisotopic (exact) mass is 628 g/mol. The molecule has 0 radical (unpaired) electrons. The molecule has 0 aliphatic carbocycles. The van der Waals surface area contributed by atoms with Gasteiger partial charge in [-0.15, -0.1) is 0 Å². The average molecular weight is 629 g/mol. The van der Waals surface area contributed by atoms with Crippen molar-refractivity contribution in [3.63, 3.8) is 0 Å². The Bertz CT molecular complexity index is 1100. The lowest BCUT2D eigenvalue weighted by atomic mass is 9.99. The Morgan fingerprint density at radius 1 is 0.718 bits per heavy atom. The van der Waals surface area contributed by atoms with Gasteiger partial charge in [-0.1, -0.05) is 76.6 Å². The molecule has 2 unspecified atom stereocenters. The van der Waals surface area contributed by atoms with E-state index in [4.69, 9.17) is 32.5 Å². The van der Waals surface area contributed by atoms with Crippen LogP contribution in [0.3, 0.4) is 0 Å². The van der Waals surface area contributed by atoms with Crippen molar-refractivity contribution in [2.24, 2.45) is 0 Å². The van der Waals surface area contributed by atoms with Gasteiger partial charge in [0.2, 0.25) is 0 Å². The van der Waals surface area contributed by atoms with E-state index in [1.807, 2.05) is 12.1 Å². The van der Waals surface area contributed by atoms with Crippen LogP contribution in [0.5, 0.6) is 0 Å². The van der Waals surface area contributed by atoms with Gasteiger partial charge in [0.05, 0.1) is 19.8 Å². The quantitative estimate of drug-likeness (QED) is 0.143. The minimum absolute atomic E-state index is 0.0720. The molecule has 39 heavy (non-hydrogen) atoms. The van der Waals surface area contributed by atoms with Gasteiger partial charge in [-0.25, -0.2) is 4.57 Å². The number of ether oxygens (including phenoxy) is 4. The molecule has 13 heteroatoms. The highest BCUT2D eigenvalue weighted by Gasteiger charge is 2.51. The molecule has 0 bridgehead atoms. The fraction of sp³-hybridized carbons (Fsp3) is 0.423. The zero-order valence-corrected chi connectivity index (χ0v) is 24.1. The molecular formula is C26H30BrO11P. The molecule has 0 spiro atoms. The molecule has 2 aromatic rings. The molecule has 1 aliphatic heterocycles. The molecule has 2 aromatic carbocycles. The second-order valence-corrected chi connectivity index (χ2v) is 11.1. The van der Waals surface area contributed by atoms with Gasteiger partial charge in [0, 0.05) is 20.8 Å². The van der Waals surface area contributed by atoms with Crippen LogP contribution in [-0.4, -0.2) is 53.9 Å². The van der Waals surface area contributed by atoms with E-state index < -0.39 is 61.8 Å². The zero-order valence-electron chi connectivity index (χ0n) is 21.6. The maximum atomic E-state index is 13.7. The topological polar surface area (TPSA) is 133 Å². The second-order valence-electron chi connectivity index (χ2n) is 8.51. The zero-order chi connectivity index (χ0) is 28.4. The minimum Gasteiger partial charge on any atom is -0.456 e. The molecule has 3 rings (SSSR count). The maximum absolute atomic E-state index is 13.7. The van der Waals surface area contributed by atoms with Crippen molar-refractivity contribution < 1.29 is 51.5 Å². The summed E-state index contributed by atoms with van der Waals surface area (Å²) in [7, 11) is -4.21. The van der Waals surface area contributed by atoms with Gasteiger partial charge >= 0.3 is 25.7 Å². The summed E-state index contributed by atoms with van der Waals surface area (Å²) in [6.07, 6.45) is -4.80. The normalized spacial score (nSPS) is 23.0. The van der Waals surface area contributed by atoms with Crippen molar-refractivity contribution in [1.82, 2.24) is 0 Å². The molecule has 5 atom stereocenters. The number of halogens is 1. The number of carbonyl (C=O) groups excluding carboxylic acids is 3. The first-order chi connectivity index (χ1) is 18.6. The Hall–Kier alpha value is -2.60. The molecule has 1 heterocycles. The van der Waals surface area contributed by atoms with Gasteiger partial charge in [-0.2, -0.15) is 0 Å². The Balaban J connectivity index is 1.81. The first-order valence-electron chi connectivity index (χ1n) is 12.0. The number of carbonyl (C=O) groups is 3. The van der Waals surface area contributed by atoms with Crippen LogP contribution in [0.25, 0.3) is 0 Å². The summed E-state index contributed by atoms with van der Waals surface area (Å²) in [4.78, 5) is 35.5. The largest absolute Gasteiger partial charge is 0.475 e. The number of esters is 3. The number of rotatable bonds is 12. The Morgan fingerprint density at radius 2 is 1.15 bits per heavy atom. The fourth-order valence-corrected chi connectivity index (χ4v) is 5.56. The van der Waals surface area contributed by atoms with E-state index in [1.54, 1.807) is 48.5 Å². The lowest BCUT2D eigenvalue weighted by Gasteiger charge is -2.42. The Kier molecular flexibility index (Phi) is 11.7. The van der Waals surface area contributed by atoms with Crippen LogP contribution in [0.1, 0.15) is 31.9 Å². The summed E-state index contributed by atoms with van der Waals surface area (Å²) in [5.41, 5.74) is 1.46. The van der Waals surface area contributed by atoms with Crippen molar-refractivity contribution >= 4 is 41.7 Å². The maximum Gasteiger partial charge on any atom is 0.475 e. The standard InChI is InChI=1S/C26H30BrO11P/c1-17(28)35-23-22(38-26(27)25(37-19(3)30)24(23)36-18(2)29)16-34-39(31,32-14-20-10-6-4-7-11-20)33-15-21-12-8-5-9-13-21/h4-13,22-26H,14-16H2,1-3H3/t22?,23-,24-,25?,26+/m1/s1. The molecular weight excluding hydrogens is 599 g/mol. The fourth-order valence-electron chi connectivity index (χ4n) is 3.71. The highest BCUT2D eigenvalue weighted by Crippen LogP contribution is 2.51. The van der Waals surface area contributed by atoms with E-state index in [1.165, 1.54) is 6.92 Å². The number of hydrogen-bond acceptors (Lipinski definition) is 11. The predicted molar refractivity (Wildman–Crippen MR) is 140 cm³/mol. The van der Waals surface area contributed by atoms with E-state index in [9.17, 15) is 18.9 Å². The van der Waals surface area contributed by atoms with Crippen LogP contribution in [0.2, 0.25) is 0 Å². The van der Waals surface area contributed by atoms with E-state index in [0.29, 0.717) is 0 Å². The molecule has 212 valence electrons. The van der Waals surface area contributed by atoms with E-state index in [2.05, 4.69) is 15.9 Å². The van der Waals surface area contributed by atoms with Crippen molar-refractivity contribution in [2.45, 2.75) is 63.4 Å². The molecule has 0 saturated carbocycles. The third kappa shape index (κ3) is 9.82. The van der Waals surface area contributed by atoms with Gasteiger partial charge in [-0.3, -0.25) is 28.0 Å². The Morgan fingerprint density at radius 3 is 1.62 bits per heavy atom. The summed E-state index contributed by atoms with van der Waals surface area (Å²) < 4.78 is 52.5. The first-order valence-corrected chi connectivity index (χ1v) is 14.4. The van der Waals surface area contributed by atoms with Gasteiger partial charge < -0.3 is 18.9 Å². The molecule has 0 amide bonds. The van der Waals surface area contributed by atoms with Crippen LogP contribution < -0.4 is 0 Å². The summed E-state index contributed by atoms with van der Waals surface area (Å²) >= 11 is 3.27. The third-order valence-corrected chi connectivity index (χ3v) is 7.44. The lowest BCUT2D eigenvalue weighted by Crippen LogP contribution is -2.60. The summed E-state index contributed by atoms with van der Waals surface area (Å²) in [5, 5.41) is -0.985. The molecule has 0 N–H and O–H groups in total. The summed E-state index contributed by atoms with van der Waals surface area (Å²) in [6, 6.07) is 18.0. The first kappa shape index (κ1) is 30.9.